The summed E-state index contributed by atoms with van der Waals surface area (Å²) in [5.74, 6) is -0.228. The summed E-state index contributed by atoms with van der Waals surface area (Å²) in [4.78, 5) is 43.6. The second-order valence-corrected chi connectivity index (χ2v) is 11.6. The number of anilines is 1. The number of carbonyl (C=O) groups excluding carboxylic acids is 2. The molecule has 5 rings (SSSR count). The van der Waals surface area contributed by atoms with Crippen LogP contribution in [0.2, 0.25) is 0 Å². The van der Waals surface area contributed by atoms with E-state index in [4.69, 9.17) is 9.47 Å². The summed E-state index contributed by atoms with van der Waals surface area (Å²) in [6, 6.07) is 18.6. The summed E-state index contributed by atoms with van der Waals surface area (Å²) in [5, 5.41) is 12.0. The molecule has 1 aromatic heterocycles. The Morgan fingerprint density at radius 3 is 2.65 bits per heavy atom. The molecule has 46 heavy (non-hydrogen) atoms. The van der Waals surface area contributed by atoms with Crippen molar-refractivity contribution in [2.24, 2.45) is 7.05 Å². The molecule has 3 aromatic carbocycles. The molecule has 1 aliphatic heterocycles. The van der Waals surface area contributed by atoms with Crippen molar-refractivity contribution in [3.8, 4) is 16.9 Å². The number of alkyl carbamates (subject to hydrolysis) is 1. The van der Waals surface area contributed by atoms with E-state index < -0.39 is 18.1 Å². The van der Waals surface area contributed by atoms with E-state index >= 15 is 0 Å². The molecule has 4 aromatic rings. The maximum atomic E-state index is 13.3. The van der Waals surface area contributed by atoms with Crippen LogP contribution in [0.5, 0.6) is 5.75 Å². The topological polar surface area (TPSA) is 123 Å². The lowest BCUT2D eigenvalue weighted by atomic mass is 9.91. The van der Waals surface area contributed by atoms with Crippen molar-refractivity contribution >= 4 is 23.7 Å². The van der Waals surface area contributed by atoms with E-state index in [2.05, 4.69) is 23.3 Å². The number of nitrogens with zero attached hydrogens (tertiary/aromatic N) is 3. The van der Waals surface area contributed by atoms with Crippen LogP contribution in [0.4, 0.5) is 10.5 Å². The van der Waals surface area contributed by atoms with Gasteiger partial charge in [-0.2, -0.15) is 0 Å². The molecular formula is C36H40N4O6. The molecule has 0 radical (unpaired) electrons. The van der Waals surface area contributed by atoms with Gasteiger partial charge in [-0.05, 0) is 84.7 Å². The third kappa shape index (κ3) is 7.93. The predicted octanol–water partition coefficient (Wildman–Crippen LogP) is 5.76. The third-order valence-corrected chi connectivity index (χ3v) is 8.27. The van der Waals surface area contributed by atoms with Gasteiger partial charge in [-0.15, -0.1) is 0 Å². The minimum Gasteiger partial charge on any atom is -0.493 e. The molecule has 0 saturated carbocycles. The van der Waals surface area contributed by atoms with Crippen molar-refractivity contribution in [2.75, 3.05) is 18.1 Å². The normalized spacial score (nSPS) is 13.1. The molecule has 2 heterocycles. The molecule has 2 amide bonds. The Bertz CT molecular complexity index is 1710. The maximum absolute atomic E-state index is 13.3. The summed E-state index contributed by atoms with van der Waals surface area (Å²) < 4.78 is 13.1. The van der Waals surface area contributed by atoms with Gasteiger partial charge >= 0.3 is 12.1 Å². The average Bonchev–Trinajstić information content (AvgIpc) is 3.47. The Balaban J connectivity index is 1.20. The fourth-order valence-corrected chi connectivity index (χ4v) is 5.72. The Kier molecular flexibility index (Phi) is 10.4. The Morgan fingerprint density at radius 2 is 1.87 bits per heavy atom. The molecule has 2 N–H and O–H groups in total. The van der Waals surface area contributed by atoms with Crippen LogP contribution in [-0.2, 0) is 40.8 Å². The highest BCUT2D eigenvalue weighted by Crippen LogP contribution is 2.36. The molecule has 1 aliphatic rings. The molecular weight excluding hydrogens is 584 g/mol. The number of aryl methyl sites for hydroxylation is 2. The SMILES string of the molecule is Cc1cccc(OCCCC(=O)N2CCCc3c(-c4cccc(COC(=O)N[C@@H](Cc5cn(C)cn5)C(=O)O)c4)cccc32)c1C. The number of fused-ring (bicyclic) bond motifs is 1. The monoisotopic (exact) mass is 624 g/mol. The smallest absolute Gasteiger partial charge is 0.408 e. The number of aromatic nitrogens is 2. The lowest BCUT2D eigenvalue weighted by Crippen LogP contribution is -2.42. The standard InChI is InChI=1S/C36H40N4O6/c1-24-9-4-15-33(25(24)2)45-18-8-16-34(41)40-17-7-13-30-29(12-6-14-32(30)40)27-11-5-10-26(19-27)22-46-36(44)38-31(35(42)43)20-28-21-39(3)23-37-28/h4-6,9-12,14-15,19,21,23,31H,7-8,13,16-18,20,22H2,1-3H3,(H,38,44)(H,42,43)/t31-/m0/s1. The van der Waals surface area contributed by atoms with Gasteiger partial charge in [0.15, 0.2) is 0 Å². The summed E-state index contributed by atoms with van der Waals surface area (Å²) in [7, 11) is 1.79. The van der Waals surface area contributed by atoms with Crippen molar-refractivity contribution in [1.29, 1.82) is 0 Å². The van der Waals surface area contributed by atoms with E-state index in [1.165, 1.54) is 5.56 Å². The maximum Gasteiger partial charge on any atom is 0.408 e. The van der Waals surface area contributed by atoms with Gasteiger partial charge in [0, 0.05) is 38.3 Å². The van der Waals surface area contributed by atoms with Crippen LogP contribution < -0.4 is 15.0 Å². The summed E-state index contributed by atoms with van der Waals surface area (Å²) in [6.45, 7) is 5.22. The van der Waals surface area contributed by atoms with Crippen molar-refractivity contribution in [3.05, 3.63) is 101 Å². The van der Waals surface area contributed by atoms with Crippen molar-refractivity contribution in [3.63, 3.8) is 0 Å². The molecule has 240 valence electrons. The number of carbonyl (C=O) groups is 3. The van der Waals surface area contributed by atoms with Crippen LogP contribution in [0.1, 0.15) is 47.2 Å². The number of hydrogen-bond acceptors (Lipinski definition) is 6. The number of ether oxygens (including phenoxy) is 2. The van der Waals surface area contributed by atoms with Gasteiger partial charge in [0.2, 0.25) is 5.91 Å². The number of nitrogens with one attached hydrogen (secondary N) is 1. The van der Waals surface area contributed by atoms with Gasteiger partial charge in [-0.3, -0.25) is 4.79 Å². The quantitative estimate of drug-likeness (QED) is 0.192. The van der Waals surface area contributed by atoms with Gasteiger partial charge in [0.25, 0.3) is 0 Å². The Labute approximate surface area is 269 Å². The highest BCUT2D eigenvalue weighted by molar-refractivity contribution is 5.96. The first-order chi connectivity index (χ1) is 22.2. The zero-order valence-corrected chi connectivity index (χ0v) is 26.5. The van der Waals surface area contributed by atoms with Gasteiger partial charge in [0.05, 0.1) is 18.6 Å². The fourth-order valence-electron chi connectivity index (χ4n) is 5.72. The lowest BCUT2D eigenvalue weighted by molar-refractivity contribution is -0.139. The molecule has 10 nitrogen and oxygen atoms in total. The lowest BCUT2D eigenvalue weighted by Gasteiger charge is -2.31. The van der Waals surface area contributed by atoms with E-state index in [1.54, 1.807) is 24.1 Å². The number of benzene rings is 3. The van der Waals surface area contributed by atoms with Crippen LogP contribution in [-0.4, -0.2) is 51.8 Å². The second kappa shape index (κ2) is 14.8. The molecule has 0 aliphatic carbocycles. The zero-order valence-electron chi connectivity index (χ0n) is 26.5. The van der Waals surface area contributed by atoms with E-state index in [0.29, 0.717) is 31.7 Å². The van der Waals surface area contributed by atoms with Crippen molar-refractivity contribution in [2.45, 2.75) is 58.6 Å². The molecule has 0 bridgehead atoms. The second-order valence-electron chi connectivity index (χ2n) is 11.6. The van der Waals surface area contributed by atoms with Crippen molar-refractivity contribution in [1.82, 2.24) is 14.9 Å². The molecule has 0 fully saturated rings. The van der Waals surface area contributed by atoms with Gasteiger partial charge in [-0.1, -0.05) is 42.5 Å². The van der Waals surface area contributed by atoms with E-state index in [-0.39, 0.29) is 18.9 Å². The first-order valence-corrected chi connectivity index (χ1v) is 15.5. The average molecular weight is 625 g/mol. The summed E-state index contributed by atoms with van der Waals surface area (Å²) in [5.41, 5.74) is 7.63. The van der Waals surface area contributed by atoms with Crippen LogP contribution in [0.15, 0.2) is 73.2 Å². The van der Waals surface area contributed by atoms with E-state index in [1.807, 2.05) is 66.4 Å². The molecule has 0 spiro atoms. The van der Waals surface area contributed by atoms with Crippen molar-refractivity contribution < 1.29 is 29.0 Å². The van der Waals surface area contributed by atoms with Crippen LogP contribution >= 0.6 is 0 Å². The molecule has 0 unspecified atom stereocenters. The van der Waals surface area contributed by atoms with Gasteiger partial charge in [0.1, 0.15) is 18.4 Å². The molecule has 10 heteroatoms. The largest absolute Gasteiger partial charge is 0.493 e. The minimum atomic E-state index is -1.17. The van der Waals surface area contributed by atoms with Crippen LogP contribution in [0.25, 0.3) is 11.1 Å². The Hall–Kier alpha value is -5.12. The van der Waals surface area contributed by atoms with E-state index in [9.17, 15) is 19.5 Å². The highest BCUT2D eigenvalue weighted by Gasteiger charge is 2.25. The highest BCUT2D eigenvalue weighted by atomic mass is 16.5. The molecule has 1 atom stereocenters. The number of amides is 2. The fraction of sp³-hybridized carbons (Fsp3) is 0.333. The Morgan fingerprint density at radius 1 is 1.07 bits per heavy atom. The molecule has 0 saturated heterocycles. The van der Waals surface area contributed by atoms with Gasteiger partial charge < -0.3 is 29.4 Å². The zero-order chi connectivity index (χ0) is 32.6. The predicted molar refractivity (Wildman–Crippen MR) is 175 cm³/mol. The number of hydrogen-bond donors (Lipinski definition) is 2. The summed E-state index contributed by atoms with van der Waals surface area (Å²) in [6.07, 6.45) is 5.23. The first kappa shape index (κ1) is 32.3. The van der Waals surface area contributed by atoms with Crippen LogP contribution in [0, 0.1) is 13.8 Å². The minimum absolute atomic E-state index is 0.0284. The summed E-state index contributed by atoms with van der Waals surface area (Å²) >= 11 is 0. The number of carboxylic acid groups (broad SMARTS) is 1. The van der Waals surface area contributed by atoms with E-state index in [0.717, 1.165) is 52.1 Å². The number of rotatable bonds is 12. The van der Waals surface area contributed by atoms with Crippen LogP contribution in [0.3, 0.4) is 0 Å². The number of carboxylic acids is 1. The van der Waals surface area contributed by atoms with Gasteiger partial charge in [-0.25, -0.2) is 14.6 Å². The third-order valence-electron chi connectivity index (χ3n) is 8.27. The number of imidazole rings is 1. The number of aliphatic carboxylic acids is 1. The first-order valence-electron chi connectivity index (χ1n) is 15.5.